The molecule has 38 heavy (non-hydrogen) atoms. The maximum Gasteiger partial charge on any atom is 0.408 e. The Hall–Kier alpha value is -3.83. The van der Waals surface area contributed by atoms with Crippen molar-refractivity contribution in [1.82, 2.24) is 10.6 Å². The summed E-state index contributed by atoms with van der Waals surface area (Å²) in [5.41, 5.74) is 0.186. The van der Waals surface area contributed by atoms with Crippen LogP contribution in [0.1, 0.15) is 37.9 Å². The largest absolute Gasteiger partial charge is 0.504 e. The van der Waals surface area contributed by atoms with E-state index in [0.717, 1.165) is 5.56 Å². The van der Waals surface area contributed by atoms with Crippen molar-refractivity contribution < 1.29 is 43.2 Å². The maximum atomic E-state index is 13.5. The SMILES string of the molecule is COCCOCOC(=O)[C@@H](Cc1ccccc1)NC(=O)[C@H](NC(=O)OC(C)(C)C)c1ccc(OC)c(O)c1. The van der Waals surface area contributed by atoms with Crippen LogP contribution in [-0.2, 0) is 35.0 Å². The third kappa shape index (κ3) is 10.3. The van der Waals surface area contributed by atoms with E-state index in [-0.39, 0.29) is 36.9 Å². The molecular weight excluding hydrogens is 496 g/mol. The molecule has 0 saturated heterocycles. The average Bonchev–Trinajstić information content (AvgIpc) is 2.86. The van der Waals surface area contributed by atoms with Crippen LogP contribution in [0.15, 0.2) is 48.5 Å². The van der Waals surface area contributed by atoms with E-state index < -0.39 is 35.7 Å². The molecule has 208 valence electrons. The van der Waals surface area contributed by atoms with Crippen molar-refractivity contribution >= 4 is 18.0 Å². The molecule has 2 aromatic carbocycles. The molecule has 0 aliphatic rings. The van der Waals surface area contributed by atoms with E-state index in [2.05, 4.69) is 10.6 Å². The molecule has 2 rings (SSSR count). The lowest BCUT2D eigenvalue weighted by Gasteiger charge is -2.25. The summed E-state index contributed by atoms with van der Waals surface area (Å²) in [7, 11) is 2.90. The van der Waals surface area contributed by atoms with Crippen molar-refractivity contribution in [2.75, 3.05) is 34.2 Å². The molecule has 0 bridgehead atoms. The highest BCUT2D eigenvalue weighted by Crippen LogP contribution is 2.29. The average molecular weight is 533 g/mol. The van der Waals surface area contributed by atoms with Crippen LogP contribution < -0.4 is 15.4 Å². The van der Waals surface area contributed by atoms with Gasteiger partial charge in [0.1, 0.15) is 17.7 Å². The Kier molecular flexibility index (Phi) is 11.8. The number of aromatic hydroxyl groups is 1. The van der Waals surface area contributed by atoms with Crippen LogP contribution in [0.5, 0.6) is 11.5 Å². The quantitative estimate of drug-likeness (QED) is 0.202. The summed E-state index contributed by atoms with van der Waals surface area (Å²) in [6, 6.07) is 10.9. The Morgan fingerprint density at radius 2 is 1.68 bits per heavy atom. The van der Waals surface area contributed by atoms with E-state index in [0.29, 0.717) is 6.61 Å². The fourth-order valence-electron chi connectivity index (χ4n) is 3.31. The molecule has 0 heterocycles. The fourth-order valence-corrected chi connectivity index (χ4v) is 3.31. The molecule has 0 saturated carbocycles. The maximum absolute atomic E-state index is 13.5. The number of esters is 1. The summed E-state index contributed by atoms with van der Waals surface area (Å²) in [4.78, 5) is 39.0. The van der Waals surface area contributed by atoms with Crippen LogP contribution in [0, 0.1) is 0 Å². The smallest absolute Gasteiger partial charge is 0.408 e. The minimum absolute atomic E-state index is 0.122. The molecule has 0 aliphatic carbocycles. The first kappa shape index (κ1) is 30.4. The number of phenolic OH excluding ortho intramolecular Hbond substituents is 1. The number of alkyl carbamates (subject to hydrolysis) is 1. The molecule has 2 aromatic rings. The number of methoxy groups -OCH3 is 2. The number of phenols is 1. The Labute approximate surface area is 222 Å². The number of carbonyl (C=O) groups is 3. The highest BCUT2D eigenvalue weighted by molar-refractivity contribution is 5.90. The summed E-state index contributed by atoms with van der Waals surface area (Å²) in [5.74, 6) is -1.50. The van der Waals surface area contributed by atoms with E-state index in [4.69, 9.17) is 23.7 Å². The number of benzene rings is 2. The lowest BCUT2D eigenvalue weighted by atomic mass is 10.0. The van der Waals surface area contributed by atoms with Gasteiger partial charge in [0.25, 0.3) is 0 Å². The monoisotopic (exact) mass is 532 g/mol. The molecule has 0 aromatic heterocycles. The van der Waals surface area contributed by atoms with Crippen LogP contribution in [0.25, 0.3) is 0 Å². The van der Waals surface area contributed by atoms with Crippen molar-refractivity contribution in [2.24, 2.45) is 0 Å². The number of rotatable bonds is 13. The lowest BCUT2D eigenvalue weighted by Crippen LogP contribution is -2.49. The van der Waals surface area contributed by atoms with Crippen molar-refractivity contribution in [1.29, 1.82) is 0 Å². The summed E-state index contributed by atoms with van der Waals surface area (Å²) in [6.45, 7) is 5.27. The summed E-state index contributed by atoms with van der Waals surface area (Å²) < 4.78 is 25.7. The molecule has 0 aliphatic heterocycles. The van der Waals surface area contributed by atoms with E-state index in [1.165, 1.54) is 32.4 Å². The zero-order valence-electron chi connectivity index (χ0n) is 22.3. The zero-order chi connectivity index (χ0) is 28.1. The summed E-state index contributed by atoms with van der Waals surface area (Å²) in [6.07, 6.45) is -0.738. The second-order valence-electron chi connectivity index (χ2n) is 9.24. The molecule has 0 unspecified atom stereocenters. The van der Waals surface area contributed by atoms with Crippen LogP contribution >= 0.6 is 0 Å². The Morgan fingerprint density at radius 1 is 0.974 bits per heavy atom. The van der Waals surface area contributed by atoms with Crippen LogP contribution in [0.4, 0.5) is 4.79 Å². The number of ether oxygens (including phenoxy) is 5. The number of nitrogens with one attached hydrogen (secondary N) is 2. The van der Waals surface area contributed by atoms with Gasteiger partial charge >= 0.3 is 12.1 Å². The molecule has 0 spiro atoms. The predicted octanol–water partition coefficient (Wildman–Crippen LogP) is 2.86. The zero-order valence-corrected chi connectivity index (χ0v) is 22.3. The molecule has 3 N–H and O–H groups in total. The van der Waals surface area contributed by atoms with E-state index >= 15 is 0 Å². The van der Waals surface area contributed by atoms with Gasteiger partial charge in [-0.1, -0.05) is 36.4 Å². The molecule has 0 fully saturated rings. The second kappa shape index (κ2) is 14.8. The van der Waals surface area contributed by atoms with Gasteiger partial charge in [0.15, 0.2) is 18.3 Å². The molecule has 0 radical (unpaired) electrons. The fraction of sp³-hybridized carbons (Fsp3) is 0.444. The van der Waals surface area contributed by atoms with Crippen molar-refractivity contribution in [3.63, 3.8) is 0 Å². The van der Waals surface area contributed by atoms with Gasteiger partial charge in [-0.3, -0.25) is 4.79 Å². The van der Waals surface area contributed by atoms with Crippen molar-refractivity contribution in [2.45, 2.75) is 44.9 Å². The summed E-state index contributed by atoms with van der Waals surface area (Å²) >= 11 is 0. The normalized spacial score (nSPS) is 12.7. The Balaban J connectivity index is 2.28. The molecule has 2 amide bonds. The number of carbonyl (C=O) groups excluding carboxylic acids is 3. The number of amides is 2. The molecule has 11 nitrogen and oxygen atoms in total. The van der Waals surface area contributed by atoms with Crippen LogP contribution in [0.3, 0.4) is 0 Å². The van der Waals surface area contributed by atoms with Gasteiger partial charge in [-0.2, -0.15) is 0 Å². The highest BCUT2D eigenvalue weighted by atomic mass is 16.7. The van der Waals surface area contributed by atoms with E-state index in [1.807, 2.05) is 6.07 Å². The standard InChI is InChI=1S/C27H36N2O9/c1-27(2,3)38-26(33)29-23(19-11-12-22(35-5)21(30)16-19)24(31)28-20(15-18-9-7-6-8-10-18)25(32)37-17-36-14-13-34-4/h6-12,16,20,23,30H,13-15,17H2,1-5H3,(H,28,31)(H,29,33)/t20-,23-/m1/s1. The molecular formula is C27H36N2O9. The molecule has 2 atom stereocenters. The summed E-state index contributed by atoms with van der Waals surface area (Å²) in [5, 5.41) is 15.4. The third-order valence-electron chi connectivity index (χ3n) is 5.06. The predicted molar refractivity (Wildman–Crippen MR) is 138 cm³/mol. The van der Waals surface area contributed by atoms with Crippen LogP contribution in [-0.4, -0.2) is 68.9 Å². The second-order valence-corrected chi connectivity index (χ2v) is 9.24. The number of hydrogen-bond acceptors (Lipinski definition) is 9. The number of hydrogen-bond donors (Lipinski definition) is 3. The van der Waals surface area contributed by atoms with Gasteiger partial charge in [0.2, 0.25) is 5.91 Å². The first-order valence-electron chi connectivity index (χ1n) is 12.0. The van der Waals surface area contributed by atoms with Gasteiger partial charge < -0.3 is 39.4 Å². The third-order valence-corrected chi connectivity index (χ3v) is 5.06. The Bertz CT molecular complexity index is 1050. The molecule has 11 heteroatoms. The van der Waals surface area contributed by atoms with Gasteiger partial charge in [0.05, 0.1) is 20.3 Å². The first-order valence-corrected chi connectivity index (χ1v) is 12.0. The van der Waals surface area contributed by atoms with Gasteiger partial charge in [0, 0.05) is 13.5 Å². The van der Waals surface area contributed by atoms with Gasteiger partial charge in [-0.05, 0) is 44.0 Å². The minimum Gasteiger partial charge on any atom is -0.504 e. The topological polar surface area (TPSA) is 142 Å². The highest BCUT2D eigenvalue weighted by Gasteiger charge is 2.31. The first-order chi connectivity index (χ1) is 18.0. The van der Waals surface area contributed by atoms with Gasteiger partial charge in [-0.25, -0.2) is 9.59 Å². The minimum atomic E-state index is -1.31. The van der Waals surface area contributed by atoms with Crippen LogP contribution in [0.2, 0.25) is 0 Å². The lowest BCUT2D eigenvalue weighted by molar-refractivity contribution is -0.160. The van der Waals surface area contributed by atoms with E-state index in [1.54, 1.807) is 45.0 Å². The Morgan fingerprint density at radius 3 is 2.29 bits per heavy atom. The van der Waals surface area contributed by atoms with E-state index in [9.17, 15) is 19.5 Å². The van der Waals surface area contributed by atoms with Crippen molar-refractivity contribution in [3.05, 3.63) is 59.7 Å². The van der Waals surface area contributed by atoms with Gasteiger partial charge in [-0.15, -0.1) is 0 Å². The van der Waals surface area contributed by atoms with Crippen molar-refractivity contribution in [3.8, 4) is 11.5 Å².